The maximum atomic E-state index is 4.70. The van der Waals surface area contributed by atoms with Crippen molar-refractivity contribution in [1.29, 1.82) is 0 Å². The van der Waals surface area contributed by atoms with Crippen LogP contribution in [0.25, 0.3) is 0 Å². The zero-order valence-electron chi connectivity index (χ0n) is 11.5. The van der Waals surface area contributed by atoms with Gasteiger partial charge in [-0.3, -0.25) is 4.99 Å². The van der Waals surface area contributed by atoms with Crippen LogP contribution in [0.4, 0.5) is 0 Å². The smallest absolute Gasteiger partial charge is 0.0361 e. The summed E-state index contributed by atoms with van der Waals surface area (Å²) in [5, 5.41) is 0. The minimum absolute atomic E-state index is 0.604. The third kappa shape index (κ3) is 5.76. The first-order valence-corrected chi connectivity index (χ1v) is 6.10. The molecule has 0 saturated carbocycles. The fourth-order valence-corrected chi connectivity index (χ4v) is 1.53. The summed E-state index contributed by atoms with van der Waals surface area (Å²) < 4.78 is 0. The molecule has 0 aliphatic heterocycles. The molecule has 0 aromatic heterocycles. The molecule has 0 amide bonds. The fourth-order valence-electron chi connectivity index (χ4n) is 1.53. The molecule has 1 heteroatoms. The van der Waals surface area contributed by atoms with Crippen LogP contribution in [0.1, 0.15) is 61.3 Å². The maximum Gasteiger partial charge on any atom is 0.0361 e. The van der Waals surface area contributed by atoms with E-state index in [4.69, 9.17) is 4.99 Å². The van der Waals surface area contributed by atoms with Crippen LogP contribution < -0.4 is 0 Å². The van der Waals surface area contributed by atoms with E-state index in [1.165, 1.54) is 23.4 Å². The number of hydrogen-bond donors (Lipinski definition) is 0. The molecule has 1 nitrogen and oxygen atoms in total. The topological polar surface area (TPSA) is 12.4 Å². The van der Waals surface area contributed by atoms with E-state index in [1.54, 1.807) is 0 Å². The standard InChI is InChI=1S/C14H27N/c1-8-11(4)13(6)15-14(7)12(5)9-10(2)3/h10-11H,8-9H2,1-7H3/b14-12-,15-13?. The molecule has 0 radical (unpaired) electrons. The lowest BCUT2D eigenvalue weighted by Crippen LogP contribution is -2.05. The molecule has 0 saturated heterocycles. The van der Waals surface area contributed by atoms with Gasteiger partial charge in [-0.15, -0.1) is 0 Å². The van der Waals surface area contributed by atoms with Crippen LogP contribution in [-0.2, 0) is 0 Å². The summed E-state index contributed by atoms with van der Waals surface area (Å²) in [5.74, 6) is 1.32. The molecule has 15 heavy (non-hydrogen) atoms. The minimum Gasteiger partial charge on any atom is -0.263 e. The van der Waals surface area contributed by atoms with Gasteiger partial charge in [-0.25, -0.2) is 0 Å². The number of allylic oxidation sites excluding steroid dienone is 2. The first kappa shape index (κ1) is 14.4. The Labute approximate surface area is 95.7 Å². The van der Waals surface area contributed by atoms with E-state index in [-0.39, 0.29) is 0 Å². The first-order chi connectivity index (χ1) is 6.88. The third-order valence-electron chi connectivity index (χ3n) is 3.00. The van der Waals surface area contributed by atoms with Crippen molar-refractivity contribution in [3.63, 3.8) is 0 Å². The van der Waals surface area contributed by atoms with Crippen LogP contribution in [0.2, 0.25) is 0 Å². The van der Waals surface area contributed by atoms with E-state index in [0.717, 1.165) is 12.3 Å². The SMILES string of the molecule is CCC(C)C(C)=N/C(C)=C(/C)CC(C)C. The van der Waals surface area contributed by atoms with Gasteiger partial charge in [-0.2, -0.15) is 0 Å². The second kappa shape index (κ2) is 6.81. The van der Waals surface area contributed by atoms with Gasteiger partial charge in [-0.1, -0.05) is 33.3 Å². The highest BCUT2D eigenvalue weighted by Crippen LogP contribution is 2.16. The molecule has 0 aromatic carbocycles. The highest BCUT2D eigenvalue weighted by atomic mass is 14.8. The van der Waals surface area contributed by atoms with Gasteiger partial charge in [0.25, 0.3) is 0 Å². The predicted molar refractivity (Wildman–Crippen MR) is 70.4 cm³/mol. The molecule has 0 spiro atoms. The van der Waals surface area contributed by atoms with Crippen molar-refractivity contribution in [2.45, 2.75) is 61.3 Å². The highest BCUT2D eigenvalue weighted by molar-refractivity contribution is 5.84. The Morgan fingerprint density at radius 2 is 1.60 bits per heavy atom. The Morgan fingerprint density at radius 1 is 1.07 bits per heavy atom. The van der Waals surface area contributed by atoms with Crippen molar-refractivity contribution >= 4 is 5.71 Å². The van der Waals surface area contributed by atoms with Gasteiger partial charge in [0, 0.05) is 11.4 Å². The lowest BCUT2D eigenvalue weighted by molar-refractivity contribution is 0.637. The molecule has 0 aliphatic carbocycles. The molecule has 0 fully saturated rings. The Bertz CT molecular complexity index is 246. The van der Waals surface area contributed by atoms with Gasteiger partial charge >= 0.3 is 0 Å². The van der Waals surface area contributed by atoms with Gasteiger partial charge in [0.15, 0.2) is 0 Å². The zero-order chi connectivity index (χ0) is 12.0. The summed E-state index contributed by atoms with van der Waals surface area (Å²) in [6.07, 6.45) is 2.33. The molecule has 0 aromatic rings. The molecular formula is C14H27N. The third-order valence-corrected chi connectivity index (χ3v) is 3.00. The summed E-state index contributed by atoms with van der Waals surface area (Å²) >= 11 is 0. The minimum atomic E-state index is 0.604. The Kier molecular flexibility index (Phi) is 6.55. The van der Waals surface area contributed by atoms with Crippen molar-refractivity contribution in [2.75, 3.05) is 0 Å². The van der Waals surface area contributed by atoms with Crippen molar-refractivity contribution in [3.8, 4) is 0 Å². The van der Waals surface area contributed by atoms with E-state index in [2.05, 4.69) is 48.5 Å². The second-order valence-electron chi connectivity index (χ2n) is 5.03. The van der Waals surface area contributed by atoms with Gasteiger partial charge in [0.05, 0.1) is 0 Å². The van der Waals surface area contributed by atoms with E-state index in [0.29, 0.717) is 5.92 Å². The quantitative estimate of drug-likeness (QED) is 0.575. The molecule has 0 rings (SSSR count). The number of rotatable bonds is 5. The van der Waals surface area contributed by atoms with Crippen molar-refractivity contribution in [1.82, 2.24) is 0 Å². The summed E-state index contributed by atoms with van der Waals surface area (Å²) in [6.45, 7) is 15.4. The predicted octanol–water partition coefficient (Wildman–Crippen LogP) is 4.83. The Balaban J connectivity index is 4.63. The highest BCUT2D eigenvalue weighted by Gasteiger charge is 2.04. The zero-order valence-corrected chi connectivity index (χ0v) is 11.5. The molecular weight excluding hydrogens is 182 g/mol. The van der Waals surface area contributed by atoms with Gasteiger partial charge in [-0.05, 0) is 45.4 Å². The molecule has 0 heterocycles. The molecule has 1 unspecified atom stereocenters. The average molecular weight is 209 g/mol. The van der Waals surface area contributed by atoms with E-state index in [1.807, 2.05) is 0 Å². The number of nitrogens with zero attached hydrogens (tertiary/aromatic N) is 1. The largest absolute Gasteiger partial charge is 0.263 e. The Hall–Kier alpha value is -0.590. The summed E-state index contributed by atoms with van der Waals surface area (Å²) in [7, 11) is 0. The first-order valence-electron chi connectivity index (χ1n) is 6.10. The normalized spacial score (nSPS) is 16.7. The molecule has 0 N–H and O–H groups in total. The lowest BCUT2D eigenvalue weighted by atomic mass is 10.0. The summed E-state index contributed by atoms with van der Waals surface area (Å²) in [6, 6.07) is 0. The monoisotopic (exact) mass is 209 g/mol. The summed E-state index contributed by atoms with van der Waals surface area (Å²) in [4.78, 5) is 4.70. The lowest BCUT2D eigenvalue weighted by Gasteiger charge is -2.11. The van der Waals surface area contributed by atoms with Gasteiger partial charge in [0.1, 0.15) is 0 Å². The van der Waals surface area contributed by atoms with Gasteiger partial charge < -0.3 is 0 Å². The van der Waals surface area contributed by atoms with E-state index in [9.17, 15) is 0 Å². The van der Waals surface area contributed by atoms with Crippen LogP contribution in [-0.4, -0.2) is 5.71 Å². The van der Waals surface area contributed by atoms with Crippen molar-refractivity contribution in [2.24, 2.45) is 16.8 Å². The molecule has 0 aliphatic rings. The Morgan fingerprint density at radius 3 is 2.00 bits per heavy atom. The number of hydrogen-bond acceptors (Lipinski definition) is 1. The fraction of sp³-hybridized carbons (Fsp3) is 0.786. The average Bonchev–Trinajstić information content (AvgIpc) is 2.15. The van der Waals surface area contributed by atoms with Crippen LogP contribution in [0.5, 0.6) is 0 Å². The van der Waals surface area contributed by atoms with Crippen molar-refractivity contribution in [3.05, 3.63) is 11.3 Å². The summed E-state index contributed by atoms with van der Waals surface area (Å²) in [5.41, 5.74) is 3.90. The van der Waals surface area contributed by atoms with Crippen LogP contribution in [0.15, 0.2) is 16.3 Å². The van der Waals surface area contributed by atoms with Crippen LogP contribution in [0.3, 0.4) is 0 Å². The maximum absolute atomic E-state index is 4.70. The van der Waals surface area contributed by atoms with Crippen LogP contribution in [0, 0.1) is 11.8 Å². The number of aliphatic imine (C=N–C) groups is 1. The van der Waals surface area contributed by atoms with Crippen LogP contribution >= 0.6 is 0 Å². The van der Waals surface area contributed by atoms with E-state index < -0.39 is 0 Å². The molecule has 1 atom stereocenters. The van der Waals surface area contributed by atoms with Crippen molar-refractivity contribution < 1.29 is 0 Å². The van der Waals surface area contributed by atoms with Gasteiger partial charge in [0.2, 0.25) is 0 Å². The second-order valence-corrected chi connectivity index (χ2v) is 5.03. The van der Waals surface area contributed by atoms with E-state index >= 15 is 0 Å². The molecule has 88 valence electrons. The molecule has 0 bridgehead atoms.